The standard InChI is InChI=1S/C13H10N.Os/c1-11-6-5-9-13(14-11)10-12-7-3-2-4-8-12;/h1-7,9H,10H2;/q-1;+1. The van der Waals surface area contributed by atoms with Gasteiger partial charge in [-0.25, -0.2) is 0 Å². The Balaban J connectivity index is 0.00000112. The number of aromatic nitrogens is 1. The van der Waals surface area contributed by atoms with Crippen molar-refractivity contribution in [3.63, 3.8) is 0 Å². The van der Waals surface area contributed by atoms with Gasteiger partial charge in [0.05, 0.1) is 0 Å². The van der Waals surface area contributed by atoms with Gasteiger partial charge >= 0.3 is 19.8 Å². The van der Waals surface area contributed by atoms with Gasteiger partial charge in [-0.15, -0.1) is 0 Å². The molecular weight excluding hydrogens is 360 g/mol. The number of nitrogens with zero attached hydrogens (tertiary/aromatic N) is 1. The number of benzene rings is 1. The van der Waals surface area contributed by atoms with Crippen LogP contribution in [0, 0.1) is 13.0 Å². The molecule has 0 spiro atoms. The van der Waals surface area contributed by atoms with Gasteiger partial charge in [0.25, 0.3) is 0 Å². The molecule has 2 rings (SSSR count). The van der Waals surface area contributed by atoms with Gasteiger partial charge in [0.1, 0.15) is 0 Å². The zero-order valence-corrected chi connectivity index (χ0v) is 10.7. The first-order valence-corrected chi connectivity index (χ1v) is 4.51. The van der Waals surface area contributed by atoms with Crippen LogP contribution < -0.4 is 0 Å². The molecule has 0 unspecified atom stereocenters. The van der Waals surface area contributed by atoms with Crippen LogP contribution in [0.2, 0.25) is 0 Å². The Morgan fingerprint density at radius 3 is 2.67 bits per heavy atom. The summed E-state index contributed by atoms with van der Waals surface area (Å²) in [5, 5.41) is 0. The minimum absolute atomic E-state index is 0. The fourth-order valence-electron chi connectivity index (χ4n) is 1.33. The maximum absolute atomic E-state index is 5.59. The Morgan fingerprint density at radius 2 is 2.00 bits per heavy atom. The molecule has 3 radical (unpaired) electrons. The van der Waals surface area contributed by atoms with E-state index in [9.17, 15) is 0 Å². The second-order valence-corrected chi connectivity index (χ2v) is 3.12. The SMILES string of the molecule is [CH]c1cccc(Cc2[c-]cccc2)n1.[Os+]. The maximum Gasteiger partial charge on any atom is 1.00 e. The Kier molecular flexibility index (Phi) is 4.66. The molecule has 2 heteroatoms. The van der Waals surface area contributed by atoms with Crippen LogP contribution in [0.5, 0.6) is 0 Å². The van der Waals surface area contributed by atoms with Crippen molar-refractivity contribution in [3.05, 3.63) is 72.4 Å². The number of pyridine rings is 1. The van der Waals surface area contributed by atoms with Gasteiger partial charge in [-0.05, 0) is 18.6 Å². The molecule has 0 N–H and O–H groups in total. The second kappa shape index (κ2) is 5.78. The van der Waals surface area contributed by atoms with Gasteiger partial charge in [0.15, 0.2) is 0 Å². The molecule has 1 nitrogen and oxygen atoms in total. The number of rotatable bonds is 2. The monoisotopic (exact) mass is 372 g/mol. The molecule has 0 bridgehead atoms. The van der Waals surface area contributed by atoms with Crippen molar-refractivity contribution in [1.82, 2.24) is 4.98 Å². The molecule has 0 atom stereocenters. The van der Waals surface area contributed by atoms with Gasteiger partial charge in [-0.2, -0.15) is 35.9 Å². The molecule has 0 fully saturated rings. The summed E-state index contributed by atoms with van der Waals surface area (Å²) in [4.78, 5) is 4.23. The van der Waals surface area contributed by atoms with E-state index in [2.05, 4.69) is 11.1 Å². The fraction of sp³-hybridized carbons (Fsp3) is 0.0769. The fourth-order valence-corrected chi connectivity index (χ4v) is 1.33. The van der Waals surface area contributed by atoms with E-state index in [0.717, 1.165) is 17.7 Å². The van der Waals surface area contributed by atoms with E-state index in [1.54, 1.807) is 6.07 Å². The molecule has 0 amide bonds. The van der Waals surface area contributed by atoms with Gasteiger partial charge < -0.3 is 0 Å². The first-order valence-electron chi connectivity index (χ1n) is 4.51. The topological polar surface area (TPSA) is 12.9 Å². The van der Waals surface area contributed by atoms with Crippen molar-refractivity contribution in [1.29, 1.82) is 0 Å². The van der Waals surface area contributed by atoms with Crippen LogP contribution >= 0.6 is 0 Å². The summed E-state index contributed by atoms with van der Waals surface area (Å²) in [5.74, 6) is 0. The molecule has 0 aliphatic heterocycles. The molecular formula is C13H10NOs. The van der Waals surface area contributed by atoms with Crippen LogP contribution in [0.15, 0.2) is 42.5 Å². The Bertz CT molecular complexity index is 412. The third-order valence-electron chi connectivity index (χ3n) is 1.97. The van der Waals surface area contributed by atoms with E-state index < -0.39 is 0 Å². The van der Waals surface area contributed by atoms with Crippen molar-refractivity contribution < 1.29 is 19.8 Å². The average Bonchev–Trinajstić information content (AvgIpc) is 2.19. The van der Waals surface area contributed by atoms with Crippen molar-refractivity contribution in [3.8, 4) is 0 Å². The predicted octanol–water partition coefficient (Wildman–Crippen LogP) is 2.53. The van der Waals surface area contributed by atoms with Crippen molar-refractivity contribution in [2.45, 2.75) is 6.42 Å². The summed E-state index contributed by atoms with van der Waals surface area (Å²) in [5.41, 5.74) is 2.68. The van der Waals surface area contributed by atoms with Crippen LogP contribution in [0.1, 0.15) is 17.0 Å². The van der Waals surface area contributed by atoms with E-state index in [0.29, 0.717) is 5.69 Å². The third-order valence-corrected chi connectivity index (χ3v) is 1.97. The first kappa shape index (κ1) is 12.1. The van der Waals surface area contributed by atoms with Crippen LogP contribution in [0.4, 0.5) is 0 Å². The number of hydrogen-bond donors (Lipinski definition) is 0. The molecule has 2 aromatic rings. The van der Waals surface area contributed by atoms with Gasteiger partial charge in [-0.1, -0.05) is 6.07 Å². The average molecular weight is 370 g/mol. The Hall–Kier alpha value is -0.994. The minimum Gasteiger partial charge on any atom is -0.257 e. The summed E-state index contributed by atoms with van der Waals surface area (Å²) < 4.78 is 0. The van der Waals surface area contributed by atoms with Crippen LogP contribution in [-0.2, 0) is 26.2 Å². The Labute approximate surface area is 104 Å². The van der Waals surface area contributed by atoms with Gasteiger partial charge in [0, 0.05) is 18.3 Å². The molecule has 1 aromatic heterocycles. The quantitative estimate of drug-likeness (QED) is 0.741. The summed E-state index contributed by atoms with van der Waals surface area (Å²) in [6.45, 7) is 5.59. The molecule has 1 heterocycles. The van der Waals surface area contributed by atoms with Gasteiger partial charge in [0.2, 0.25) is 0 Å². The first-order chi connectivity index (χ1) is 6.84. The molecule has 0 aliphatic rings. The Morgan fingerprint density at radius 1 is 1.13 bits per heavy atom. The van der Waals surface area contributed by atoms with E-state index in [4.69, 9.17) is 6.92 Å². The largest absolute Gasteiger partial charge is 1.00 e. The third kappa shape index (κ3) is 3.57. The molecule has 75 valence electrons. The summed E-state index contributed by atoms with van der Waals surface area (Å²) in [6, 6.07) is 16.7. The summed E-state index contributed by atoms with van der Waals surface area (Å²) in [6.07, 6.45) is 0.784. The molecule has 0 saturated heterocycles. The van der Waals surface area contributed by atoms with Gasteiger partial charge in [-0.3, -0.25) is 4.98 Å². The van der Waals surface area contributed by atoms with Crippen LogP contribution in [0.3, 0.4) is 0 Å². The smallest absolute Gasteiger partial charge is 0.257 e. The minimum atomic E-state index is 0. The van der Waals surface area contributed by atoms with E-state index >= 15 is 0 Å². The predicted molar refractivity (Wildman–Crippen MR) is 55.7 cm³/mol. The zero-order chi connectivity index (χ0) is 9.80. The molecule has 15 heavy (non-hydrogen) atoms. The summed E-state index contributed by atoms with van der Waals surface area (Å²) in [7, 11) is 0. The van der Waals surface area contributed by atoms with Crippen molar-refractivity contribution in [2.75, 3.05) is 0 Å². The van der Waals surface area contributed by atoms with E-state index in [1.165, 1.54) is 0 Å². The summed E-state index contributed by atoms with van der Waals surface area (Å²) >= 11 is 0. The molecule has 1 aromatic carbocycles. The van der Waals surface area contributed by atoms with Crippen LogP contribution in [0.25, 0.3) is 0 Å². The van der Waals surface area contributed by atoms with Crippen molar-refractivity contribution >= 4 is 0 Å². The van der Waals surface area contributed by atoms with E-state index in [1.807, 2.05) is 36.4 Å². The van der Waals surface area contributed by atoms with Crippen LogP contribution in [-0.4, -0.2) is 4.98 Å². The van der Waals surface area contributed by atoms with E-state index in [-0.39, 0.29) is 19.8 Å². The van der Waals surface area contributed by atoms with Crippen molar-refractivity contribution in [2.24, 2.45) is 0 Å². The molecule has 0 saturated carbocycles. The molecule has 0 aliphatic carbocycles. The zero-order valence-electron chi connectivity index (χ0n) is 8.13. The number of hydrogen-bond acceptors (Lipinski definition) is 1. The normalized spacial score (nSPS) is 9.40. The second-order valence-electron chi connectivity index (χ2n) is 3.12. The maximum atomic E-state index is 5.59.